The van der Waals surface area contributed by atoms with E-state index in [1.165, 1.54) is 18.4 Å². The Morgan fingerprint density at radius 2 is 1.65 bits per heavy atom. The molecular weight excluding hydrogens is 248 g/mol. The number of hydrogen-bond acceptors (Lipinski definition) is 2. The van der Waals surface area contributed by atoms with Gasteiger partial charge in [0.05, 0.1) is 0 Å². The van der Waals surface area contributed by atoms with Crippen molar-refractivity contribution in [2.75, 3.05) is 6.54 Å². The van der Waals surface area contributed by atoms with Crippen molar-refractivity contribution in [2.24, 2.45) is 11.7 Å². The number of benzene rings is 1. The van der Waals surface area contributed by atoms with Gasteiger partial charge in [0.15, 0.2) is 0 Å². The van der Waals surface area contributed by atoms with Crippen molar-refractivity contribution < 1.29 is 4.79 Å². The van der Waals surface area contributed by atoms with Gasteiger partial charge in [-0.2, -0.15) is 0 Å². The topological polar surface area (TPSA) is 55.1 Å². The number of amides is 1. The lowest BCUT2D eigenvalue weighted by atomic mass is 9.84. The molecule has 0 heterocycles. The van der Waals surface area contributed by atoms with Crippen molar-refractivity contribution in [1.29, 1.82) is 0 Å². The maximum absolute atomic E-state index is 11.9. The molecule has 0 radical (unpaired) electrons. The third kappa shape index (κ3) is 3.21. The summed E-state index contributed by atoms with van der Waals surface area (Å²) in [5, 5.41) is 3.36. The van der Waals surface area contributed by atoms with Gasteiger partial charge in [-0.1, -0.05) is 45.0 Å². The molecule has 3 N–H and O–H groups in total. The van der Waals surface area contributed by atoms with Gasteiger partial charge in [-0.25, -0.2) is 0 Å². The number of rotatable bonds is 5. The molecule has 1 atom stereocenters. The van der Waals surface area contributed by atoms with Gasteiger partial charge in [0.1, 0.15) is 5.54 Å². The standard InChI is InChI=1S/C17H26N2O/c1-16(2,3)13-7-9-14(10-8-13)17(4,15(18)20)19-11-12-5-6-12/h7-10,12,19H,5-6,11H2,1-4H3,(H2,18,20). The Morgan fingerprint density at radius 3 is 2.05 bits per heavy atom. The summed E-state index contributed by atoms with van der Waals surface area (Å²) in [6, 6.07) is 8.22. The molecule has 0 aliphatic heterocycles. The summed E-state index contributed by atoms with van der Waals surface area (Å²) < 4.78 is 0. The summed E-state index contributed by atoms with van der Waals surface area (Å²) in [6.45, 7) is 9.28. The smallest absolute Gasteiger partial charge is 0.242 e. The molecule has 1 aliphatic carbocycles. The number of nitrogens with two attached hydrogens (primary N) is 1. The Bertz CT molecular complexity index is 483. The largest absolute Gasteiger partial charge is 0.368 e. The van der Waals surface area contributed by atoms with Gasteiger partial charge in [-0.3, -0.25) is 10.1 Å². The zero-order valence-corrected chi connectivity index (χ0v) is 13.0. The monoisotopic (exact) mass is 274 g/mol. The van der Waals surface area contributed by atoms with Gasteiger partial charge in [0.2, 0.25) is 5.91 Å². The number of nitrogens with one attached hydrogen (secondary N) is 1. The van der Waals surface area contributed by atoms with Crippen LogP contribution in [-0.4, -0.2) is 12.5 Å². The van der Waals surface area contributed by atoms with Crippen molar-refractivity contribution in [3.05, 3.63) is 35.4 Å². The molecule has 1 amide bonds. The molecular formula is C17H26N2O. The normalized spacial score (nSPS) is 18.6. The van der Waals surface area contributed by atoms with E-state index in [1.54, 1.807) is 0 Å². The van der Waals surface area contributed by atoms with Crippen LogP contribution in [0.3, 0.4) is 0 Å². The average Bonchev–Trinajstić information content (AvgIpc) is 3.19. The number of carbonyl (C=O) groups excluding carboxylic acids is 1. The van der Waals surface area contributed by atoms with Crippen LogP contribution in [0.25, 0.3) is 0 Å². The fraction of sp³-hybridized carbons (Fsp3) is 0.588. The van der Waals surface area contributed by atoms with Crippen molar-refractivity contribution in [3.8, 4) is 0 Å². The van der Waals surface area contributed by atoms with Crippen LogP contribution in [0, 0.1) is 5.92 Å². The van der Waals surface area contributed by atoms with E-state index < -0.39 is 5.54 Å². The van der Waals surface area contributed by atoms with Gasteiger partial charge in [0, 0.05) is 0 Å². The van der Waals surface area contributed by atoms with Gasteiger partial charge in [-0.05, 0) is 48.8 Å². The average molecular weight is 274 g/mol. The highest BCUT2D eigenvalue weighted by Gasteiger charge is 2.35. The first-order valence-corrected chi connectivity index (χ1v) is 7.39. The summed E-state index contributed by atoms with van der Waals surface area (Å²) in [7, 11) is 0. The highest BCUT2D eigenvalue weighted by Crippen LogP contribution is 2.31. The summed E-state index contributed by atoms with van der Waals surface area (Å²) in [5.74, 6) is 0.393. The lowest BCUT2D eigenvalue weighted by Gasteiger charge is -2.29. The third-order valence-corrected chi connectivity index (χ3v) is 4.26. The molecule has 20 heavy (non-hydrogen) atoms. The predicted octanol–water partition coefficient (Wildman–Crippen LogP) is 2.68. The minimum Gasteiger partial charge on any atom is -0.368 e. The van der Waals surface area contributed by atoms with E-state index >= 15 is 0 Å². The summed E-state index contributed by atoms with van der Waals surface area (Å²) in [4.78, 5) is 11.9. The summed E-state index contributed by atoms with van der Waals surface area (Å²) in [6.07, 6.45) is 2.51. The van der Waals surface area contributed by atoms with Crippen LogP contribution in [0.5, 0.6) is 0 Å². The van der Waals surface area contributed by atoms with Crippen LogP contribution in [0.4, 0.5) is 0 Å². The second kappa shape index (κ2) is 5.21. The van der Waals surface area contributed by atoms with Crippen molar-refractivity contribution in [3.63, 3.8) is 0 Å². The minimum atomic E-state index is -0.779. The Labute approximate surface area is 121 Å². The number of hydrogen-bond donors (Lipinski definition) is 2. The van der Waals surface area contributed by atoms with Crippen LogP contribution in [-0.2, 0) is 15.7 Å². The molecule has 1 fully saturated rings. The van der Waals surface area contributed by atoms with E-state index in [4.69, 9.17) is 5.73 Å². The lowest BCUT2D eigenvalue weighted by molar-refractivity contribution is -0.124. The first-order valence-electron chi connectivity index (χ1n) is 7.39. The Kier molecular flexibility index (Phi) is 3.92. The zero-order chi connectivity index (χ0) is 15.0. The molecule has 0 aromatic heterocycles. The van der Waals surface area contributed by atoms with Crippen LogP contribution in [0.15, 0.2) is 24.3 Å². The molecule has 3 heteroatoms. The molecule has 0 bridgehead atoms. The van der Waals surface area contributed by atoms with Crippen LogP contribution in [0.1, 0.15) is 51.7 Å². The van der Waals surface area contributed by atoms with Crippen molar-refractivity contribution in [2.45, 2.75) is 51.5 Å². The van der Waals surface area contributed by atoms with Crippen molar-refractivity contribution >= 4 is 5.91 Å². The fourth-order valence-corrected chi connectivity index (χ4v) is 2.31. The molecule has 1 unspecified atom stereocenters. The van der Waals surface area contributed by atoms with Gasteiger partial charge in [0.25, 0.3) is 0 Å². The minimum absolute atomic E-state index is 0.114. The van der Waals surface area contributed by atoms with Gasteiger partial charge < -0.3 is 5.73 Å². The van der Waals surface area contributed by atoms with Crippen LogP contribution in [0.2, 0.25) is 0 Å². The van der Waals surface area contributed by atoms with E-state index in [-0.39, 0.29) is 11.3 Å². The van der Waals surface area contributed by atoms with E-state index in [0.717, 1.165) is 12.1 Å². The lowest BCUT2D eigenvalue weighted by Crippen LogP contribution is -2.51. The van der Waals surface area contributed by atoms with Crippen LogP contribution >= 0.6 is 0 Å². The number of primary amides is 1. The van der Waals surface area contributed by atoms with Crippen molar-refractivity contribution in [1.82, 2.24) is 5.32 Å². The highest BCUT2D eigenvalue weighted by molar-refractivity contribution is 5.85. The SMILES string of the molecule is CC(C)(C)c1ccc(C(C)(NCC2CC2)C(N)=O)cc1. The first-order chi connectivity index (χ1) is 9.23. The Balaban J connectivity index is 2.22. The zero-order valence-electron chi connectivity index (χ0n) is 13.0. The summed E-state index contributed by atoms with van der Waals surface area (Å²) in [5.41, 5.74) is 7.17. The first kappa shape index (κ1) is 15.0. The maximum Gasteiger partial charge on any atom is 0.242 e. The molecule has 1 aliphatic rings. The molecule has 110 valence electrons. The molecule has 3 nitrogen and oxygen atoms in total. The molecule has 0 saturated heterocycles. The molecule has 2 rings (SSSR count). The van der Waals surface area contributed by atoms with E-state index in [1.807, 2.05) is 19.1 Å². The Morgan fingerprint density at radius 1 is 1.15 bits per heavy atom. The van der Waals surface area contributed by atoms with E-state index in [2.05, 4.69) is 38.2 Å². The van der Waals surface area contributed by atoms with E-state index in [0.29, 0.717) is 5.92 Å². The molecule has 1 aromatic carbocycles. The van der Waals surface area contributed by atoms with E-state index in [9.17, 15) is 4.79 Å². The quantitative estimate of drug-likeness (QED) is 0.867. The molecule has 1 saturated carbocycles. The fourth-order valence-electron chi connectivity index (χ4n) is 2.31. The molecule has 0 spiro atoms. The third-order valence-electron chi connectivity index (χ3n) is 4.26. The number of carbonyl (C=O) groups is 1. The second-order valence-corrected chi connectivity index (χ2v) is 7.14. The van der Waals surface area contributed by atoms with Gasteiger partial charge in [-0.15, -0.1) is 0 Å². The predicted molar refractivity (Wildman–Crippen MR) is 82.4 cm³/mol. The maximum atomic E-state index is 11.9. The van der Waals surface area contributed by atoms with Gasteiger partial charge >= 0.3 is 0 Å². The second-order valence-electron chi connectivity index (χ2n) is 7.14. The summed E-state index contributed by atoms with van der Waals surface area (Å²) >= 11 is 0. The highest BCUT2D eigenvalue weighted by atomic mass is 16.1. The molecule has 1 aromatic rings. The Hall–Kier alpha value is -1.35. The van der Waals surface area contributed by atoms with Crippen LogP contribution < -0.4 is 11.1 Å².